The second-order valence-electron chi connectivity index (χ2n) is 7.77. The lowest BCUT2D eigenvalue weighted by molar-refractivity contribution is 0.0227. The van der Waals surface area contributed by atoms with E-state index in [1.54, 1.807) is 11.9 Å². The first kappa shape index (κ1) is 23.0. The largest absolute Gasteiger partial charge is 0.444 e. The Hall–Kier alpha value is -0.980. The monoisotopic (exact) mass is 408 g/mol. The molecule has 0 atom stereocenters. The zero-order valence-electron chi connectivity index (χ0n) is 16.1. The Morgan fingerprint density at radius 2 is 1.29 bits per heavy atom. The summed E-state index contributed by atoms with van der Waals surface area (Å²) in [5.74, 6) is 0. The Kier molecular flexibility index (Phi) is 9.70. The highest BCUT2D eigenvalue weighted by molar-refractivity contribution is 9.09. The topological polar surface area (TPSA) is 59.1 Å². The summed E-state index contributed by atoms with van der Waals surface area (Å²) >= 11 is 3.38. The average Bonchev–Trinajstić information content (AvgIpc) is 2.38. The summed E-state index contributed by atoms with van der Waals surface area (Å²) in [7, 11) is 1.70. The number of nitrogens with zero attached hydrogens (tertiary/aromatic N) is 2. The number of ether oxygens (including phenoxy) is 2. The second-order valence-corrected chi connectivity index (χ2v) is 8.56. The van der Waals surface area contributed by atoms with Crippen molar-refractivity contribution in [3.05, 3.63) is 0 Å². The van der Waals surface area contributed by atoms with Crippen molar-refractivity contribution < 1.29 is 19.1 Å². The van der Waals surface area contributed by atoms with Gasteiger partial charge in [-0.2, -0.15) is 0 Å². The number of alkyl halides is 1. The molecule has 0 bridgehead atoms. The smallest absolute Gasteiger partial charge is 0.410 e. The van der Waals surface area contributed by atoms with Crippen molar-refractivity contribution in [2.45, 2.75) is 65.6 Å². The van der Waals surface area contributed by atoms with Gasteiger partial charge in [0.1, 0.15) is 11.2 Å². The molecule has 0 spiro atoms. The summed E-state index contributed by atoms with van der Waals surface area (Å²) in [6.45, 7) is 12.7. The molecule has 0 radical (unpaired) electrons. The minimum atomic E-state index is -0.517. The van der Waals surface area contributed by atoms with E-state index in [0.29, 0.717) is 26.1 Å². The summed E-state index contributed by atoms with van der Waals surface area (Å²) in [5.41, 5.74) is -1.03. The summed E-state index contributed by atoms with van der Waals surface area (Å²) in [4.78, 5) is 27.4. The Bertz CT molecular complexity index is 402. The molecule has 0 aromatic heterocycles. The molecule has 0 aromatic rings. The van der Waals surface area contributed by atoms with Gasteiger partial charge >= 0.3 is 12.2 Å². The fourth-order valence-electron chi connectivity index (χ4n) is 1.80. The number of carbonyl (C=O) groups is 2. The molecule has 142 valence electrons. The highest BCUT2D eigenvalue weighted by Crippen LogP contribution is 2.12. The van der Waals surface area contributed by atoms with Crippen molar-refractivity contribution in [2.24, 2.45) is 0 Å². The number of halogens is 1. The fourth-order valence-corrected chi connectivity index (χ4v) is 2.05. The van der Waals surface area contributed by atoms with Crippen LogP contribution >= 0.6 is 15.9 Å². The van der Waals surface area contributed by atoms with Crippen LogP contribution in [0.2, 0.25) is 0 Å². The first-order valence-electron chi connectivity index (χ1n) is 8.34. The van der Waals surface area contributed by atoms with Crippen LogP contribution in [-0.2, 0) is 9.47 Å². The van der Waals surface area contributed by atoms with E-state index in [0.717, 1.165) is 11.8 Å². The molecule has 24 heavy (non-hydrogen) atoms. The Morgan fingerprint density at radius 3 is 1.75 bits per heavy atom. The molecule has 0 unspecified atom stereocenters. The van der Waals surface area contributed by atoms with Gasteiger partial charge < -0.3 is 19.3 Å². The van der Waals surface area contributed by atoms with Gasteiger partial charge in [0.05, 0.1) is 0 Å². The van der Waals surface area contributed by atoms with Crippen LogP contribution in [0.15, 0.2) is 0 Å². The first-order chi connectivity index (χ1) is 10.9. The predicted octanol–water partition coefficient (Wildman–Crippen LogP) is 4.27. The standard InChI is InChI=1S/C17H33BrN2O4/c1-16(2,3)23-14(21)19(7)11-9-13-20(12-8-10-18)15(22)24-17(4,5)6/h8-13H2,1-7H3. The van der Waals surface area contributed by atoms with E-state index in [2.05, 4.69) is 15.9 Å². The Morgan fingerprint density at radius 1 is 0.833 bits per heavy atom. The first-order valence-corrected chi connectivity index (χ1v) is 9.46. The fraction of sp³-hybridized carbons (Fsp3) is 0.882. The summed E-state index contributed by atoms with van der Waals surface area (Å²) in [5, 5.41) is 0.824. The molecule has 0 fully saturated rings. The van der Waals surface area contributed by atoms with E-state index in [1.165, 1.54) is 4.90 Å². The summed E-state index contributed by atoms with van der Waals surface area (Å²) in [6, 6.07) is 0. The van der Waals surface area contributed by atoms with Crippen LogP contribution in [0.25, 0.3) is 0 Å². The second kappa shape index (κ2) is 10.1. The number of hydrogen-bond acceptors (Lipinski definition) is 4. The van der Waals surface area contributed by atoms with E-state index in [-0.39, 0.29) is 12.2 Å². The molecule has 0 heterocycles. The van der Waals surface area contributed by atoms with Gasteiger partial charge in [0.15, 0.2) is 0 Å². The van der Waals surface area contributed by atoms with Crippen molar-refractivity contribution in [3.63, 3.8) is 0 Å². The van der Waals surface area contributed by atoms with Gasteiger partial charge in [-0.3, -0.25) is 0 Å². The number of amides is 2. The van der Waals surface area contributed by atoms with Crippen molar-refractivity contribution >= 4 is 28.1 Å². The van der Waals surface area contributed by atoms with Crippen molar-refractivity contribution in [3.8, 4) is 0 Å². The lowest BCUT2D eigenvalue weighted by atomic mass is 10.2. The van der Waals surface area contributed by atoms with Gasteiger partial charge in [0, 0.05) is 32.0 Å². The van der Waals surface area contributed by atoms with Crippen LogP contribution in [0.1, 0.15) is 54.4 Å². The molecule has 7 heteroatoms. The molecule has 0 aliphatic heterocycles. The molecular weight excluding hydrogens is 376 g/mol. The predicted molar refractivity (Wildman–Crippen MR) is 99.7 cm³/mol. The Balaban J connectivity index is 4.45. The van der Waals surface area contributed by atoms with E-state index >= 15 is 0 Å². The highest BCUT2D eigenvalue weighted by atomic mass is 79.9. The van der Waals surface area contributed by atoms with Crippen molar-refractivity contribution in [1.82, 2.24) is 9.80 Å². The van der Waals surface area contributed by atoms with Crippen LogP contribution in [0, 0.1) is 0 Å². The van der Waals surface area contributed by atoms with Crippen molar-refractivity contribution in [1.29, 1.82) is 0 Å². The minimum Gasteiger partial charge on any atom is -0.444 e. The molecular formula is C17H33BrN2O4. The summed E-state index contributed by atoms with van der Waals surface area (Å²) in [6.07, 6.45) is 0.841. The van der Waals surface area contributed by atoms with Crippen LogP contribution in [0.4, 0.5) is 9.59 Å². The normalized spacial score (nSPS) is 11.8. The SMILES string of the molecule is CN(CCCN(CCCBr)C(=O)OC(C)(C)C)C(=O)OC(C)(C)C. The third-order valence-electron chi connectivity index (χ3n) is 2.84. The zero-order chi connectivity index (χ0) is 19.0. The quantitative estimate of drug-likeness (QED) is 0.590. The Labute approximate surface area is 155 Å². The lowest BCUT2D eigenvalue weighted by Gasteiger charge is -2.28. The third-order valence-corrected chi connectivity index (χ3v) is 3.40. The van der Waals surface area contributed by atoms with E-state index in [9.17, 15) is 9.59 Å². The molecule has 0 saturated heterocycles. The molecule has 2 amide bonds. The molecule has 0 rings (SSSR count). The maximum Gasteiger partial charge on any atom is 0.410 e. The molecule has 0 N–H and O–H groups in total. The molecule has 0 aliphatic carbocycles. The third kappa shape index (κ3) is 11.5. The van der Waals surface area contributed by atoms with Crippen LogP contribution in [0.3, 0.4) is 0 Å². The number of hydrogen-bond donors (Lipinski definition) is 0. The van der Waals surface area contributed by atoms with Crippen LogP contribution in [-0.4, -0.2) is 65.2 Å². The van der Waals surface area contributed by atoms with Gasteiger partial charge in [-0.1, -0.05) is 15.9 Å². The van der Waals surface area contributed by atoms with Gasteiger partial charge in [0.2, 0.25) is 0 Å². The van der Waals surface area contributed by atoms with Crippen LogP contribution < -0.4 is 0 Å². The zero-order valence-corrected chi connectivity index (χ0v) is 17.7. The van der Waals surface area contributed by atoms with E-state index in [4.69, 9.17) is 9.47 Å². The van der Waals surface area contributed by atoms with Crippen LogP contribution in [0.5, 0.6) is 0 Å². The summed E-state index contributed by atoms with van der Waals surface area (Å²) < 4.78 is 10.7. The maximum atomic E-state index is 12.2. The van der Waals surface area contributed by atoms with E-state index in [1.807, 2.05) is 41.5 Å². The maximum absolute atomic E-state index is 12.2. The van der Waals surface area contributed by atoms with Gasteiger partial charge in [0.25, 0.3) is 0 Å². The number of carbonyl (C=O) groups excluding carboxylic acids is 2. The molecule has 6 nitrogen and oxygen atoms in total. The van der Waals surface area contributed by atoms with Crippen molar-refractivity contribution in [2.75, 3.05) is 32.0 Å². The van der Waals surface area contributed by atoms with Gasteiger partial charge in [-0.05, 0) is 54.4 Å². The lowest BCUT2D eigenvalue weighted by Crippen LogP contribution is -2.40. The molecule has 0 aromatic carbocycles. The van der Waals surface area contributed by atoms with E-state index < -0.39 is 11.2 Å². The van der Waals surface area contributed by atoms with Gasteiger partial charge in [-0.25, -0.2) is 9.59 Å². The molecule has 0 saturated carbocycles. The van der Waals surface area contributed by atoms with Gasteiger partial charge in [-0.15, -0.1) is 0 Å². The minimum absolute atomic E-state index is 0.316. The molecule has 0 aliphatic rings. The average molecular weight is 409 g/mol. The number of rotatable bonds is 7. The highest BCUT2D eigenvalue weighted by Gasteiger charge is 2.23.